The average Bonchev–Trinajstić information content (AvgIpc) is 3.05. The van der Waals surface area contributed by atoms with Crippen molar-refractivity contribution in [3.8, 4) is 0 Å². The topological polar surface area (TPSA) is 74.2 Å². The van der Waals surface area contributed by atoms with Crippen LogP contribution in [0.4, 0.5) is 0 Å². The minimum atomic E-state index is -0.144. The fourth-order valence-corrected chi connectivity index (χ4v) is 2.67. The van der Waals surface area contributed by atoms with E-state index >= 15 is 0 Å². The molecule has 5 nitrogen and oxygen atoms in total. The lowest BCUT2D eigenvalue weighted by Gasteiger charge is -2.18. The van der Waals surface area contributed by atoms with E-state index in [-0.39, 0.29) is 12.0 Å². The zero-order valence-corrected chi connectivity index (χ0v) is 12.2. The molecule has 5 heteroatoms. The maximum absolute atomic E-state index is 6.31. The Labute approximate surface area is 124 Å². The molecule has 0 aliphatic carbocycles. The molecule has 0 spiro atoms. The highest BCUT2D eigenvalue weighted by atomic mass is 16.5. The highest BCUT2D eigenvalue weighted by Crippen LogP contribution is 2.30. The number of aromatic nitrogens is 2. The van der Waals surface area contributed by atoms with Gasteiger partial charge in [0.25, 0.3) is 0 Å². The Bertz CT molecular complexity index is 564. The normalized spacial score (nSPS) is 19.3. The summed E-state index contributed by atoms with van der Waals surface area (Å²) in [6.07, 6.45) is 1.91. The quantitative estimate of drug-likeness (QED) is 0.936. The van der Waals surface area contributed by atoms with Crippen LogP contribution < -0.4 is 5.73 Å². The fourth-order valence-electron chi connectivity index (χ4n) is 2.67. The Morgan fingerprint density at radius 2 is 1.90 bits per heavy atom. The zero-order chi connectivity index (χ0) is 14.7. The van der Waals surface area contributed by atoms with E-state index in [0.29, 0.717) is 11.8 Å². The number of rotatable bonds is 4. The lowest BCUT2D eigenvalue weighted by atomic mass is 9.95. The molecule has 2 heterocycles. The molecule has 0 amide bonds. The highest BCUT2D eigenvalue weighted by Gasteiger charge is 2.26. The predicted octanol–water partition coefficient (Wildman–Crippen LogP) is 2.77. The van der Waals surface area contributed by atoms with Gasteiger partial charge in [0.2, 0.25) is 5.89 Å². The van der Waals surface area contributed by atoms with E-state index in [2.05, 4.69) is 10.1 Å². The first-order chi connectivity index (χ1) is 10.3. The highest BCUT2D eigenvalue weighted by molar-refractivity contribution is 5.21. The first-order valence-corrected chi connectivity index (χ1v) is 7.47. The van der Waals surface area contributed by atoms with Crippen molar-refractivity contribution in [1.82, 2.24) is 10.1 Å². The van der Waals surface area contributed by atoms with Crippen LogP contribution in [-0.2, 0) is 4.74 Å². The number of benzene rings is 1. The second-order valence-electron chi connectivity index (χ2n) is 5.60. The van der Waals surface area contributed by atoms with Crippen LogP contribution in [0.1, 0.15) is 54.9 Å². The van der Waals surface area contributed by atoms with E-state index in [1.165, 1.54) is 0 Å². The Morgan fingerprint density at radius 1 is 1.19 bits per heavy atom. The smallest absolute Gasteiger partial charge is 0.231 e. The summed E-state index contributed by atoms with van der Waals surface area (Å²) in [4.78, 5) is 4.57. The van der Waals surface area contributed by atoms with E-state index < -0.39 is 0 Å². The minimum absolute atomic E-state index is 0.00603. The molecule has 1 aliphatic heterocycles. The fraction of sp³-hybridized carbons (Fsp3) is 0.500. The molecule has 1 aliphatic rings. The SMILES string of the molecule is CC(c1nc(C2CCOCC2)no1)C(N)c1ccccc1. The maximum Gasteiger partial charge on any atom is 0.231 e. The predicted molar refractivity (Wildman–Crippen MR) is 78.9 cm³/mol. The number of nitrogens with two attached hydrogens (primary N) is 1. The summed E-state index contributed by atoms with van der Waals surface area (Å²) in [6, 6.07) is 9.87. The lowest BCUT2D eigenvalue weighted by molar-refractivity contribution is 0.0830. The van der Waals surface area contributed by atoms with Gasteiger partial charge in [0.15, 0.2) is 5.82 Å². The Kier molecular flexibility index (Phi) is 4.31. The van der Waals surface area contributed by atoms with Crippen molar-refractivity contribution >= 4 is 0 Å². The molecule has 1 fully saturated rings. The van der Waals surface area contributed by atoms with Crippen LogP contribution in [0.5, 0.6) is 0 Å². The van der Waals surface area contributed by atoms with Crippen molar-refractivity contribution in [2.45, 2.75) is 37.6 Å². The summed E-state index contributed by atoms with van der Waals surface area (Å²) in [6.45, 7) is 3.57. The van der Waals surface area contributed by atoms with E-state index in [9.17, 15) is 0 Å². The molecule has 0 saturated carbocycles. The molecule has 1 saturated heterocycles. The minimum Gasteiger partial charge on any atom is -0.381 e. The van der Waals surface area contributed by atoms with Gasteiger partial charge in [-0.2, -0.15) is 4.98 Å². The van der Waals surface area contributed by atoms with E-state index in [1.54, 1.807) is 0 Å². The van der Waals surface area contributed by atoms with Crippen LogP contribution in [0.25, 0.3) is 0 Å². The van der Waals surface area contributed by atoms with Crippen molar-refractivity contribution in [2.24, 2.45) is 5.73 Å². The van der Waals surface area contributed by atoms with Gasteiger partial charge < -0.3 is 15.0 Å². The van der Waals surface area contributed by atoms with Crippen molar-refractivity contribution in [3.63, 3.8) is 0 Å². The second kappa shape index (κ2) is 6.37. The van der Waals surface area contributed by atoms with E-state index in [4.69, 9.17) is 15.0 Å². The summed E-state index contributed by atoms with van der Waals surface area (Å²) < 4.78 is 10.8. The average molecular weight is 287 g/mol. The third-order valence-electron chi connectivity index (χ3n) is 4.16. The molecule has 1 aromatic heterocycles. The van der Waals surface area contributed by atoms with Crippen LogP contribution >= 0.6 is 0 Å². The first-order valence-electron chi connectivity index (χ1n) is 7.47. The number of ether oxygens (including phenoxy) is 1. The molecule has 2 aromatic rings. The van der Waals surface area contributed by atoms with Gasteiger partial charge in [-0.05, 0) is 18.4 Å². The molecule has 3 rings (SSSR count). The molecule has 2 unspecified atom stereocenters. The van der Waals surface area contributed by atoms with Crippen molar-refractivity contribution in [1.29, 1.82) is 0 Å². The summed E-state index contributed by atoms with van der Waals surface area (Å²) in [5.41, 5.74) is 7.39. The van der Waals surface area contributed by atoms with E-state index in [0.717, 1.165) is 37.4 Å². The monoisotopic (exact) mass is 287 g/mol. The Hall–Kier alpha value is -1.72. The first kappa shape index (κ1) is 14.2. The van der Waals surface area contributed by atoms with Crippen LogP contribution in [0.15, 0.2) is 34.9 Å². The Balaban J connectivity index is 1.73. The third-order valence-corrected chi connectivity index (χ3v) is 4.16. The zero-order valence-electron chi connectivity index (χ0n) is 12.2. The summed E-state index contributed by atoms with van der Waals surface area (Å²) in [7, 11) is 0. The molecule has 112 valence electrons. The summed E-state index contributed by atoms with van der Waals surface area (Å²) in [5, 5.41) is 4.14. The van der Waals surface area contributed by atoms with Gasteiger partial charge in [-0.25, -0.2) is 0 Å². The van der Waals surface area contributed by atoms with Gasteiger partial charge in [0, 0.05) is 25.2 Å². The van der Waals surface area contributed by atoms with Gasteiger partial charge in [-0.1, -0.05) is 42.4 Å². The number of nitrogens with zero attached hydrogens (tertiary/aromatic N) is 2. The van der Waals surface area contributed by atoms with Crippen LogP contribution in [0.3, 0.4) is 0 Å². The number of hydrogen-bond acceptors (Lipinski definition) is 5. The second-order valence-corrected chi connectivity index (χ2v) is 5.60. The molecule has 2 N–H and O–H groups in total. The van der Waals surface area contributed by atoms with Gasteiger partial charge in [-0.15, -0.1) is 0 Å². The van der Waals surface area contributed by atoms with Crippen LogP contribution in [0.2, 0.25) is 0 Å². The molecular weight excluding hydrogens is 266 g/mol. The molecule has 21 heavy (non-hydrogen) atoms. The van der Waals surface area contributed by atoms with Gasteiger partial charge >= 0.3 is 0 Å². The van der Waals surface area contributed by atoms with Crippen molar-refractivity contribution in [2.75, 3.05) is 13.2 Å². The van der Waals surface area contributed by atoms with Crippen LogP contribution in [0, 0.1) is 0 Å². The standard InChI is InChI=1S/C16H21N3O2/c1-11(14(17)12-5-3-2-4-6-12)16-18-15(19-21-16)13-7-9-20-10-8-13/h2-6,11,13-14H,7-10,17H2,1H3. The van der Waals surface area contributed by atoms with Gasteiger partial charge in [0.05, 0.1) is 5.92 Å². The van der Waals surface area contributed by atoms with Crippen molar-refractivity contribution < 1.29 is 9.26 Å². The van der Waals surface area contributed by atoms with Gasteiger partial charge in [-0.3, -0.25) is 0 Å². The summed E-state index contributed by atoms with van der Waals surface area (Å²) >= 11 is 0. The van der Waals surface area contributed by atoms with E-state index in [1.807, 2.05) is 37.3 Å². The van der Waals surface area contributed by atoms with Gasteiger partial charge in [0.1, 0.15) is 0 Å². The lowest BCUT2D eigenvalue weighted by Crippen LogP contribution is -2.18. The molecular formula is C16H21N3O2. The summed E-state index contributed by atoms with van der Waals surface area (Å²) in [5.74, 6) is 1.75. The van der Waals surface area contributed by atoms with Crippen LogP contribution in [-0.4, -0.2) is 23.4 Å². The Morgan fingerprint density at radius 3 is 2.62 bits per heavy atom. The molecule has 2 atom stereocenters. The molecule has 0 bridgehead atoms. The maximum atomic E-state index is 6.31. The largest absolute Gasteiger partial charge is 0.381 e. The molecule has 1 aromatic carbocycles. The third kappa shape index (κ3) is 3.14. The molecule has 0 radical (unpaired) electrons. The van der Waals surface area contributed by atoms with Crippen molar-refractivity contribution in [3.05, 3.63) is 47.6 Å². The number of hydrogen-bond donors (Lipinski definition) is 1.